The van der Waals surface area contributed by atoms with Crippen LogP contribution in [0.5, 0.6) is 0 Å². The largest absolute Gasteiger partial charge is 0.383 e. The smallest absolute Gasteiger partial charge is 0.251 e. The monoisotopic (exact) mass is 348 g/mol. The normalized spacial score (nSPS) is 14.1. The van der Waals surface area contributed by atoms with E-state index in [9.17, 15) is 9.59 Å². The molecule has 2 unspecified atom stereocenters. The number of methoxy groups -OCH3 is 1. The molecule has 2 atom stereocenters. The van der Waals surface area contributed by atoms with Crippen LogP contribution in [0.2, 0.25) is 0 Å². The first-order valence-electron chi connectivity index (χ1n) is 8.77. The number of hydrogen-bond acceptors (Lipinski definition) is 3. The zero-order valence-corrected chi connectivity index (χ0v) is 16.5. The Kier molecular flexibility index (Phi) is 7.61. The Morgan fingerprint density at radius 3 is 2.04 bits per heavy atom. The van der Waals surface area contributed by atoms with Crippen molar-refractivity contribution in [1.29, 1.82) is 0 Å². The molecule has 0 radical (unpaired) electrons. The molecule has 5 heteroatoms. The third-order valence-electron chi connectivity index (χ3n) is 4.05. The minimum Gasteiger partial charge on any atom is -0.383 e. The van der Waals surface area contributed by atoms with Crippen LogP contribution in [0.15, 0.2) is 24.3 Å². The molecule has 0 saturated carbocycles. The van der Waals surface area contributed by atoms with Crippen molar-refractivity contribution < 1.29 is 14.3 Å². The first-order valence-corrected chi connectivity index (χ1v) is 8.77. The van der Waals surface area contributed by atoms with Gasteiger partial charge in [-0.05, 0) is 36.0 Å². The predicted molar refractivity (Wildman–Crippen MR) is 101 cm³/mol. The Morgan fingerprint density at radius 1 is 1.04 bits per heavy atom. The summed E-state index contributed by atoms with van der Waals surface area (Å²) in [7, 11) is 1.59. The molecule has 0 heterocycles. The van der Waals surface area contributed by atoms with Crippen molar-refractivity contribution in [1.82, 2.24) is 10.6 Å². The minimum atomic E-state index is -0.589. The van der Waals surface area contributed by atoms with E-state index in [1.807, 2.05) is 32.9 Å². The summed E-state index contributed by atoms with van der Waals surface area (Å²) in [6.45, 7) is 12.5. The molecule has 0 aliphatic carbocycles. The highest BCUT2D eigenvalue weighted by Crippen LogP contribution is 2.22. The molecule has 0 fully saturated rings. The summed E-state index contributed by atoms with van der Waals surface area (Å²) in [5.74, 6) is -0.458. The Hall–Kier alpha value is -1.88. The van der Waals surface area contributed by atoms with Crippen LogP contribution < -0.4 is 10.6 Å². The minimum absolute atomic E-state index is 0.0208. The number of hydrogen-bond donors (Lipinski definition) is 2. The van der Waals surface area contributed by atoms with Crippen LogP contribution in [0.4, 0.5) is 0 Å². The average Bonchev–Trinajstić information content (AvgIpc) is 2.51. The molecule has 2 N–H and O–H groups in total. The van der Waals surface area contributed by atoms with Gasteiger partial charge in [0.15, 0.2) is 0 Å². The van der Waals surface area contributed by atoms with Gasteiger partial charge in [0, 0.05) is 18.7 Å². The number of benzene rings is 1. The lowest BCUT2D eigenvalue weighted by Crippen LogP contribution is -2.52. The first kappa shape index (κ1) is 21.2. The second-order valence-electron chi connectivity index (χ2n) is 7.89. The van der Waals surface area contributed by atoms with Crippen molar-refractivity contribution in [3.8, 4) is 0 Å². The second-order valence-corrected chi connectivity index (χ2v) is 7.89. The van der Waals surface area contributed by atoms with Crippen LogP contribution >= 0.6 is 0 Å². The van der Waals surface area contributed by atoms with Gasteiger partial charge in [-0.2, -0.15) is 0 Å². The fourth-order valence-electron chi connectivity index (χ4n) is 2.51. The fraction of sp³-hybridized carbons (Fsp3) is 0.600. The molecule has 1 aromatic carbocycles. The van der Waals surface area contributed by atoms with Crippen molar-refractivity contribution in [2.45, 2.75) is 59.0 Å². The third-order valence-corrected chi connectivity index (χ3v) is 4.05. The molecule has 5 nitrogen and oxygen atoms in total. The maximum Gasteiger partial charge on any atom is 0.251 e. The number of carbonyl (C=O) groups excluding carboxylic acids is 2. The van der Waals surface area contributed by atoms with Crippen LogP contribution in [0.1, 0.15) is 57.5 Å². The maximum atomic E-state index is 12.5. The molecule has 140 valence electrons. The van der Waals surface area contributed by atoms with Crippen LogP contribution in [-0.4, -0.2) is 37.6 Å². The Balaban J connectivity index is 2.81. The van der Waals surface area contributed by atoms with E-state index in [0.717, 1.165) is 5.56 Å². The van der Waals surface area contributed by atoms with E-state index < -0.39 is 6.04 Å². The van der Waals surface area contributed by atoms with Crippen LogP contribution in [-0.2, 0) is 14.9 Å². The Labute approximate surface area is 151 Å². The van der Waals surface area contributed by atoms with Crippen molar-refractivity contribution in [2.24, 2.45) is 5.92 Å². The van der Waals surface area contributed by atoms with E-state index >= 15 is 0 Å². The predicted octanol–water partition coefficient (Wildman–Crippen LogP) is 2.89. The van der Waals surface area contributed by atoms with Crippen LogP contribution in [0.25, 0.3) is 0 Å². The molecule has 0 aliphatic heterocycles. The van der Waals surface area contributed by atoms with Gasteiger partial charge in [-0.3, -0.25) is 9.59 Å². The second kappa shape index (κ2) is 8.99. The summed E-state index contributed by atoms with van der Waals surface area (Å²) in [6.07, 6.45) is 0. The SMILES string of the molecule is COCC(C)NC(=O)C(NC(=O)c1ccc(C(C)(C)C)cc1)C(C)C. The van der Waals surface area contributed by atoms with Gasteiger partial charge in [-0.1, -0.05) is 46.8 Å². The molecule has 0 aliphatic rings. The zero-order chi connectivity index (χ0) is 19.2. The summed E-state index contributed by atoms with van der Waals surface area (Å²) in [5, 5.41) is 5.72. The summed E-state index contributed by atoms with van der Waals surface area (Å²) < 4.78 is 5.03. The Morgan fingerprint density at radius 2 is 1.60 bits per heavy atom. The molecular formula is C20H32N2O3. The highest BCUT2D eigenvalue weighted by Gasteiger charge is 2.25. The van der Waals surface area contributed by atoms with E-state index in [-0.39, 0.29) is 29.2 Å². The molecule has 0 bridgehead atoms. The molecule has 0 saturated heterocycles. The average molecular weight is 348 g/mol. The molecule has 0 spiro atoms. The van der Waals surface area contributed by atoms with Crippen LogP contribution in [0, 0.1) is 5.92 Å². The lowest BCUT2D eigenvalue weighted by Gasteiger charge is -2.24. The van der Waals surface area contributed by atoms with E-state index in [2.05, 4.69) is 31.4 Å². The van der Waals surface area contributed by atoms with E-state index in [0.29, 0.717) is 12.2 Å². The van der Waals surface area contributed by atoms with E-state index in [1.165, 1.54) is 0 Å². The quantitative estimate of drug-likeness (QED) is 0.796. The van der Waals surface area contributed by atoms with Gasteiger partial charge in [-0.15, -0.1) is 0 Å². The highest BCUT2D eigenvalue weighted by molar-refractivity contribution is 5.97. The molecular weight excluding hydrogens is 316 g/mol. The lowest BCUT2D eigenvalue weighted by atomic mass is 9.86. The standard InChI is InChI=1S/C20H32N2O3/c1-13(2)17(19(24)21-14(3)12-25-7)22-18(23)15-8-10-16(11-9-15)20(4,5)6/h8-11,13-14,17H,12H2,1-7H3,(H,21,24)(H,22,23). The number of nitrogens with one attached hydrogen (secondary N) is 2. The van der Waals surface area contributed by atoms with Crippen molar-refractivity contribution in [3.63, 3.8) is 0 Å². The van der Waals surface area contributed by atoms with Gasteiger partial charge < -0.3 is 15.4 Å². The van der Waals surface area contributed by atoms with Gasteiger partial charge in [-0.25, -0.2) is 0 Å². The summed E-state index contributed by atoms with van der Waals surface area (Å²) in [6, 6.07) is 6.83. The van der Waals surface area contributed by atoms with Crippen molar-refractivity contribution >= 4 is 11.8 Å². The van der Waals surface area contributed by atoms with Gasteiger partial charge in [0.2, 0.25) is 5.91 Å². The van der Waals surface area contributed by atoms with Gasteiger partial charge in [0.1, 0.15) is 6.04 Å². The first-order chi connectivity index (χ1) is 11.6. The third kappa shape index (κ3) is 6.50. The van der Waals surface area contributed by atoms with E-state index in [1.54, 1.807) is 19.2 Å². The van der Waals surface area contributed by atoms with Gasteiger partial charge >= 0.3 is 0 Å². The molecule has 25 heavy (non-hydrogen) atoms. The van der Waals surface area contributed by atoms with Gasteiger partial charge in [0.05, 0.1) is 6.61 Å². The molecule has 0 aromatic heterocycles. The number of carbonyl (C=O) groups is 2. The van der Waals surface area contributed by atoms with Gasteiger partial charge in [0.25, 0.3) is 5.91 Å². The summed E-state index contributed by atoms with van der Waals surface area (Å²) in [4.78, 5) is 25.0. The molecule has 2 amide bonds. The van der Waals surface area contributed by atoms with Crippen molar-refractivity contribution in [2.75, 3.05) is 13.7 Å². The van der Waals surface area contributed by atoms with Crippen molar-refractivity contribution in [3.05, 3.63) is 35.4 Å². The zero-order valence-electron chi connectivity index (χ0n) is 16.5. The topological polar surface area (TPSA) is 67.4 Å². The summed E-state index contributed by atoms with van der Waals surface area (Å²) in [5.41, 5.74) is 1.75. The lowest BCUT2D eigenvalue weighted by molar-refractivity contribution is -0.124. The van der Waals surface area contributed by atoms with Crippen LogP contribution in [0.3, 0.4) is 0 Å². The maximum absolute atomic E-state index is 12.5. The highest BCUT2D eigenvalue weighted by atomic mass is 16.5. The summed E-state index contributed by atoms with van der Waals surface area (Å²) >= 11 is 0. The number of ether oxygens (including phenoxy) is 1. The Bertz CT molecular complexity index is 574. The number of amides is 2. The number of rotatable bonds is 7. The van der Waals surface area contributed by atoms with E-state index in [4.69, 9.17) is 4.74 Å². The fourth-order valence-corrected chi connectivity index (χ4v) is 2.51. The molecule has 1 aromatic rings. The molecule has 1 rings (SSSR count).